The molecule has 0 bridgehead atoms. The molecule has 2 unspecified atom stereocenters. The highest BCUT2D eigenvalue weighted by Gasteiger charge is 2.65. The van der Waals surface area contributed by atoms with E-state index >= 15 is 0 Å². The van der Waals surface area contributed by atoms with Gasteiger partial charge in [0.2, 0.25) is 0 Å². The molecular weight excluding hydrogens is 420 g/mol. The summed E-state index contributed by atoms with van der Waals surface area (Å²) >= 11 is 0. The standard InChI is InChI=1S/C31H52O3/c1-7-8-18-34-28-19-24-26-13-12-25(22(4)11-9-10-21(2)3)29(26,5)16-15-27(24)30(6)17-14-23(32)20-31(28,30)33/h9,11,19,21-23,25-28,32-33H,7-8,10,12-18,20H2,1-6H3/b11-9+/t22-,23+,25-,26?,27?,28-,29-,30-,31+/m1/s1. The van der Waals surface area contributed by atoms with E-state index in [0.29, 0.717) is 36.2 Å². The molecule has 3 nitrogen and oxygen atoms in total. The van der Waals surface area contributed by atoms with Crippen molar-refractivity contribution in [2.45, 2.75) is 124 Å². The summed E-state index contributed by atoms with van der Waals surface area (Å²) in [5.41, 5.74) is 0.748. The predicted octanol–water partition coefficient (Wildman–Crippen LogP) is 7.07. The lowest BCUT2D eigenvalue weighted by Gasteiger charge is -2.62. The number of unbranched alkanes of at least 4 members (excludes halogenated alkanes) is 1. The summed E-state index contributed by atoms with van der Waals surface area (Å²) in [5.74, 6) is 3.08. The second kappa shape index (κ2) is 10.0. The van der Waals surface area contributed by atoms with Crippen LogP contribution in [0.5, 0.6) is 0 Å². The van der Waals surface area contributed by atoms with Crippen molar-refractivity contribution in [3.63, 3.8) is 0 Å². The van der Waals surface area contributed by atoms with Gasteiger partial charge < -0.3 is 14.9 Å². The summed E-state index contributed by atoms with van der Waals surface area (Å²) in [6, 6.07) is 0. The Hall–Kier alpha value is -0.640. The van der Waals surface area contributed by atoms with Crippen molar-refractivity contribution >= 4 is 0 Å². The van der Waals surface area contributed by atoms with Gasteiger partial charge in [-0.15, -0.1) is 0 Å². The van der Waals surface area contributed by atoms with Crippen molar-refractivity contribution in [1.29, 1.82) is 0 Å². The van der Waals surface area contributed by atoms with Crippen molar-refractivity contribution in [1.82, 2.24) is 0 Å². The van der Waals surface area contributed by atoms with Crippen LogP contribution in [-0.4, -0.2) is 34.6 Å². The second-order valence-electron chi connectivity index (χ2n) is 13.3. The number of aliphatic hydroxyl groups is 2. The largest absolute Gasteiger partial charge is 0.393 e. The van der Waals surface area contributed by atoms with Crippen LogP contribution in [0.15, 0.2) is 23.8 Å². The highest BCUT2D eigenvalue weighted by molar-refractivity contribution is 5.33. The maximum absolute atomic E-state index is 12.2. The first-order valence-electron chi connectivity index (χ1n) is 14.5. The van der Waals surface area contributed by atoms with Crippen LogP contribution in [0.1, 0.15) is 106 Å². The summed E-state index contributed by atoms with van der Waals surface area (Å²) in [4.78, 5) is 0. The van der Waals surface area contributed by atoms with Gasteiger partial charge >= 0.3 is 0 Å². The second-order valence-corrected chi connectivity index (χ2v) is 13.3. The number of allylic oxidation sites excluding steroid dienone is 3. The monoisotopic (exact) mass is 472 g/mol. The van der Waals surface area contributed by atoms with Crippen molar-refractivity contribution < 1.29 is 14.9 Å². The van der Waals surface area contributed by atoms with Gasteiger partial charge in [0.25, 0.3) is 0 Å². The highest BCUT2D eigenvalue weighted by atomic mass is 16.5. The third kappa shape index (κ3) is 4.37. The van der Waals surface area contributed by atoms with Gasteiger partial charge in [0.15, 0.2) is 0 Å². The predicted molar refractivity (Wildman–Crippen MR) is 140 cm³/mol. The van der Waals surface area contributed by atoms with Crippen LogP contribution in [0, 0.1) is 40.4 Å². The summed E-state index contributed by atoms with van der Waals surface area (Å²) < 4.78 is 6.44. The zero-order valence-corrected chi connectivity index (χ0v) is 22.9. The van der Waals surface area contributed by atoms with E-state index in [1.54, 1.807) is 5.57 Å². The Bertz CT molecular complexity index is 771. The van der Waals surface area contributed by atoms with E-state index in [2.05, 4.69) is 59.8 Å². The lowest BCUT2D eigenvalue weighted by molar-refractivity contribution is -0.221. The van der Waals surface area contributed by atoms with Gasteiger partial charge in [0, 0.05) is 18.4 Å². The Morgan fingerprint density at radius 2 is 1.85 bits per heavy atom. The van der Waals surface area contributed by atoms with E-state index in [1.165, 1.54) is 25.7 Å². The van der Waals surface area contributed by atoms with Gasteiger partial charge in [0.1, 0.15) is 11.7 Å². The van der Waals surface area contributed by atoms with E-state index in [0.717, 1.165) is 43.9 Å². The Morgan fingerprint density at radius 3 is 2.56 bits per heavy atom. The molecule has 4 aliphatic rings. The first-order chi connectivity index (χ1) is 16.1. The number of hydrogen-bond acceptors (Lipinski definition) is 3. The first-order valence-corrected chi connectivity index (χ1v) is 14.5. The van der Waals surface area contributed by atoms with E-state index in [-0.39, 0.29) is 11.5 Å². The fraction of sp³-hybridized carbons (Fsp3) is 0.871. The van der Waals surface area contributed by atoms with Crippen LogP contribution in [-0.2, 0) is 4.74 Å². The molecule has 0 spiro atoms. The lowest BCUT2D eigenvalue weighted by Crippen LogP contribution is -2.66. The average molecular weight is 473 g/mol. The molecule has 4 rings (SSSR count). The Balaban J connectivity index is 1.64. The van der Waals surface area contributed by atoms with E-state index in [1.807, 2.05) is 0 Å². The number of aliphatic hydroxyl groups excluding tert-OH is 1. The van der Waals surface area contributed by atoms with Gasteiger partial charge in [-0.1, -0.05) is 71.8 Å². The van der Waals surface area contributed by atoms with Crippen LogP contribution in [0.25, 0.3) is 0 Å². The lowest BCUT2D eigenvalue weighted by atomic mass is 9.45. The molecule has 0 amide bonds. The van der Waals surface area contributed by atoms with Crippen molar-refractivity contribution in [2.24, 2.45) is 40.4 Å². The minimum atomic E-state index is -0.967. The normalized spacial score (nSPS) is 45.1. The molecule has 0 aliphatic heterocycles. The summed E-state index contributed by atoms with van der Waals surface area (Å²) in [6.07, 6.45) is 17.0. The number of hydrogen-bond donors (Lipinski definition) is 2. The summed E-state index contributed by atoms with van der Waals surface area (Å²) in [6.45, 7) is 14.8. The Labute approximate surface area is 209 Å². The van der Waals surface area contributed by atoms with E-state index in [4.69, 9.17) is 4.74 Å². The molecule has 9 atom stereocenters. The minimum Gasteiger partial charge on any atom is -0.393 e. The molecule has 0 heterocycles. The van der Waals surface area contributed by atoms with Crippen LogP contribution < -0.4 is 0 Å². The highest BCUT2D eigenvalue weighted by Crippen LogP contribution is 2.67. The molecule has 0 radical (unpaired) electrons. The SMILES string of the molecule is CCCCO[C@@H]1C=C2C3CC[C@H]([C@H](C)/C=C/CC(C)C)[C@@]3(C)CCC2[C@@]2(C)CC[C@H](O)C[C@]12O. The zero-order valence-electron chi connectivity index (χ0n) is 22.9. The molecular formula is C31H52O3. The molecule has 0 aromatic rings. The molecule has 194 valence electrons. The fourth-order valence-electron chi connectivity index (χ4n) is 8.67. The maximum Gasteiger partial charge on any atom is 0.105 e. The molecule has 4 aliphatic carbocycles. The molecule has 0 aromatic carbocycles. The quantitative estimate of drug-likeness (QED) is 0.293. The number of ether oxygens (including phenoxy) is 1. The topological polar surface area (TPSA) is 49.7 Å². The Kier molecular flexibility index (Phi) is 7.79. The number of rotatable bonds is 8. The molecule has 2 N–H and O–H groups in total. The van der Waals surface area contributed by atoms with Crippen molar-refractivity contribution in [2.75, 3.05) is 6.61 Å². The van der Waals surface area contributed by atoms with Gasteiger partial charge in [-0.3, -0.25) is 0 Å². The third-order valence-corrected chi connectivity index (χ3v) is 10.8. The van der Waals surface area contributed by atoms with Gasteiger partial charge in [-0.05, 0) is 86.4 Å². The third-order valence-electron chi connectivity index (χ3n) is 10.8. The Morgan fingerprint density at radius 1 is 1.09 bits per heavy atom. The van der Waals surface area contributed by atoms with Crippen molar-refractivity contribution in [3.05, 3.63) is 23.8 Å². The van der Waals surface area contributed by atoms with Crippen LogP contribution in [0.2, 0.25) is 0 Å². The van der Waals surface area contributed by atoms with Gasteiger partial charge in [-0.25, -0.2) is 0 Å². The molecule has 3 fully saturated rings. The molecule has 34 heavy (non-hydrogen) atoms. The van der Waals surface area contributed by atoms with E-state index < -0.39 is 11.7 Å². The molecule has 0 saturated heterocycles. The van der Waals surface area contributed by atoms with Gasteiger partial charge in [0.05, 0.1) is 6.10 Å². The summed E-state index contributed by atoms with van der Waals surface area (Å²) in [5, 5.41) is 22.7. The van der Waals surface area contributed by atoms with E-state index in [9.17, 15) is 10.2 Å². The summed E-state index contributed by atoms with van der Waals surface area (Å²) in [7, 11) is 0. The molecule has 0 aromatic heterocycles. The van der Waals surface area contributed by atoms with Crippen LogP contribution in [0.3, 0.4) is 0 Å². The first kappa shape index (κ1) is 26.4. The van der Waals surface area contributed by atoms with Crippen molar-refractivity contribution in [3.8, 4) is 0 Å². The minimum absolute atomic E-state index is 0.213. The zero-order chi connectivity index (χ0) is 24.7. The smallest absolute Gasteiger partial charge is 0.105 e. The van der Waals surface area contributed by atoms with Gasteiger partial charge in [-0.2, -0.15) is 0 Å². The molecule has 3 saturated carbocycles. The van der Waals surface area contributed by atoms with Crippen LogP contribution in [0.4, 0.5) is 0 Å². The average Bonchev–Trinajstić information content (AvgIpc) is 3.12. The number of fused-ring (bicyclic) bond motifs is 5. The molecule has 3 heteroatoms. The maximum atomic E-state index is 12.2. The fourth-order valence-corrected chi connectivity index (χ4v) is 8.67. The van der Waals surface area contributed by atoms with Crippen LogP contribution >= 0.6 is 0 Å².